The Hall–Kier alpha value is -2.42. The molecule has 1 heterocycles. The molecule has 0 atom stereocenters. The Morgan fingerprint density at radius 2 is 1.81 bits per heavy atom. The predicted octanol–water partition coefficient (Wildman–Crippen LogP) is 5.95. The Kier molecular flexibility index (Phi) is 6.60. The van der Waals surface area contributed by atoms with Crippen LogP contribution in [0, 0.1) is 6.92 Å². The summed E-state index contributed by atoms with van der Waals surface area (Å²) < 4.78 is 3.28. The molecule has 0 radical (unpaired) electrons. The van der Waals surface area contributed by atoms with Crippen molar-refractivity contribution in [3.05, 3.63) is 91.6 Å². The highest BCUT2D eigenvalue weighted by Crippen LogP contribution is 2.25. The first-order valence-electron chi connectivity index (χ1n) is 9.39. The van der Waals surface area contributed by atoms with Gasteiger partial charge in [-0.15, -0.1) is 0 Å². The molecule has 1 aromatic heterocycles. The standard InChI is InChI=1S/C23H17Br2N3O2S/c1-14-6-11-20(18(25)12-14)26-21(29)13-31-23-27-19-5-3-2-4-17(19)22(30)28(23)16-9-7-15(24)8-10-16/h2-12H,13H2,1H3,(H,26,29). The van der Waals surface area contributed by atoms with Crippen LogP contribution in [-0.2, 0) is 4.79 Å². The van der Waals surface area contributed by atoms with Gasteiger partial charge in [0.25, 0.3) is 5.56 Å². The molecule has 0 bridgehead atoms. The molecule has 0 spiro atoms. The van der Waals surface area contributed by atoms with Gasteiger partial charge in [0, 0.05) is 8.95 Å². The summed E-state index contributed by atoms with van der Waals surface area (Å²) in [4.78, 5) is 30.5. The van der Waals surface area contributed by atoms with E-state index in [1.54, 1.807) is 16.7 Å². The second kappa shape index (κ2) is 9.38. The number of anilines is 1. The lowest BCUT2D eigenvalue weighted by Crippen LogP contribution is -2.23. The number of hydrogen-bond donors (Lipinski definition) is 1. The van der Waals surface area contributed by atoms with E-state index in [-0.39, 0.29) is 17.2 Å². The first-order chi connectivity index (χ1) is 14.9. The summed E-state index contributed by atoms with van der Waals surface area (Å²) in [6.45, 7) is 1.99. The maximum Gasteiger partial charge on any atom is 0.266 e. The smallest absolute Gasteiger partial charge is 0.266 e. The second-order valence-corrected chi connectivity index (χ2v) is 9.56. The maximum absolute atomic E-state index is 13.2. The number of halogens is 2. The number of amides is 1. The molecule has 0 unspecified atom stereocenters. The van der Waals surface area contributed by atoms with Gasteiger partial charge in [0.2, 0.25) is 5.91 Å². The average molecular weight is 559 g/mol. The molecule has 1 N–H and O–H groups in total. The Morgan fingerprint density at radius 3 is 2.55 bits per heavy atom. The zero-order chi connectivity index (χ0) is 22.0. The molecular formula is C23H17Br2N3O2S. The minimum absolute atomic E-state index is 0.113. The van der Waals surface area contributed by atoms with E-state index in [2.05, 4.69) is 42.2 Å². The van der Waals surface area contributed by atoms with Crippen molar-refractivity contribution in [2.45, 2.75) is 12.1 Å². The average Bonchev–Trinajstić information content (AvgIpc) is 2.75. The molecule has 3 aromatic carbocycles. The molecule has 5 nitrogen and oxygen atoms in total. The molecule has 0 fully saturated rings. The van der Waals surface area contributed by atoms with E-state index in [0.717, 1.165) is 14.5 Å². The Bertz CT molecular complexity index is 1340. The summed E-state index contributed by atoms with van der Waals surface area (Å²) in [5.41, 5.74) is 2.92. The summed E-state index contributed by atoms with van der Waals surface area (Å²) in [5, 5.41) is 3.89. The van der Waals surface area contributed by atoms with Gasteiger partial charge in [0.05, 0.1) is 28.0 Å². The van der Waals surface area contributed by atoms with Gasteiger partial charge in [-0.05, 0) is 76.9 Å². The van der Waals surface area contributed by atoms with E-state index in [1.807, 2.05) is 61.5 Å². The normalized spacial score (nSPS) is 10.9. The summed E-state index contributed by atoms with van der Waals surface area (Å²) in [6.07, 6.45) is 0. The van der Waals surface area contributed by atoms with Crippen molar-refractivity contribution in [1.29, 1.82) is 0 Å². The number of carbonyl (C=O) groups excluding carboxylic acids is 1. The van der Waals surface area contributed by atoms with Gasteiger partial charge in [-0.25, -0.2) is 4.98 Å². The zero-order valence-electron chi connectivity index (χ0n) is 16.4. The molecule has 0 aliphatic heterocycles. The quantitative estimate of drug-likeness (QED) is 0.243. The van der Waals surface area contributed by atoms with Gasteiger partial charge in [-0.3, -0.25) is 14.2 Å². The lowest BCUT2D eigenvalue weighted by molar-refractivity contribution is -0.113. The fourth-order valence-corrected chi connectivity index (χ4v) is 4.73. The number of para-hydroxylation sites is 1. The Balaban J connectivity index is 1.66. The van der Waals surface area contributed by atoms with Gasteiger partial charge in [0.15, 0.2) is 5.16 Å². The van der Waals surface area contributed by atoms with Gasteiger partial charge >= 0.3 is 0 Å². The fraction of sp³-hybridized carbons (Fsp3) is 0.0870. The van der Waals surface area contributed by atoms with Crippen molar-refractivity contribution in [3.63, 3.8) is 0 Å². The van der Waals surface area contributed by atoms with Crippen molar-refractivity contribution < 1.29 is 4.79 Å². The number of aryl methyl sites for hydroxylation is 1. The number of rotatable bonds is 5. The summed E-state index contributed by atoms with van der Waals surface area (Å²) >= 11 is 8.12. The number of aromatic nitrogens is 2. The topological polar surface area (TPSA) is 64.0 Å². The van der Waals surface area contributed by atoms with E-state index in [1.165, 1.54) is 11.8 Å². The fourth-order valence-electron chi connectivity index (χ4n) is 3.06. The molecule has 0 aliphatic carbocycles. The predicted molar refractivity (Wildman–Crippen MR) is 133 cm³/mol. The van der Waals surface area contributed by atoms with Crippen LogP contribution >= 0.6 is 43.6 Å². The number of hydrogen-bond acceptors (Lipinski definition) is 4. The van der Waals surface area contributed by atoms with E-state index in [9.17, 15) is 9.59 Å². The molecular weight excluding hydrogens is 542 g/mol. The van der Waals surface area contributed by atoms with Crippen LogP contribution in [-0.4, -0.2) is 21.2 Å². The van der Waals surface area contributed by atoms with Gasteiger partial charge in [-0.2, -0.15) is 0 Å². The van der Waals surface area contributed by atoms with Crippen LogP contribution in [0.4, 0.5) is 5.69 Å². The highest BCUT2D eigenvalue weighted by Gasteiger charge is 2.15. The highest BCUT2D eigenvalue weighted by atomic mass is 79.9. The Labute approximate surface area is 200 Å². The van der Waals surface area contributed by atoms with Crippen molar-refractivity contribution in [3.8, 4) is 5.69 Å². The third kappa shape index (κ3) is 4.92. The van der Waals surface area contributed by atoms with Crippen LogP contribution in [0.3, 0.4) is 0 Å². The monoisotopic (exact) mass is 557 g/mol. The summed E-state index contributed by atoms with van der Waals surface area (Å²) in [5.74, 6) is -0.0685. The lowest BCUT2D eigenvalue weighted by Gasteiger charge is -2.13. The first-order valence-corrected chi connectivity index (χ1v) is 12.0. The van der Waals surface area contributed by atoms with Crippen LogP contribution in [0.25, 0.3) is 16.6 Å². The van der Waals surface area contributed by atoms with Crippen molar-refractivity contribution >= 4 is 66.1 Å². The lowest BCUT2D eigenvalue weighted by atomic mass is 10.2. The molecule has 4 rings (SSSR count). The molecule has 156 valence electrons. The maximum atomic E-state index is 13.2. The number of fused-ring (bicyclic) bond motifs is 1. The van der Waals surface area contributed by atoms with E-state index < -0.39 is 0 Å². The summed E-state index contributed by atoms with van der Waals surface area (Å²) in [6, 6.07) is 20.4. The number of thioether (sulfide) groups is 1. The van der Waals surface area contributed by atoms with Crippen LogP contribution in [0.1, 0.15) is 5.56 Å². The molecule has 8 heteroatoms. The highest BCUT2D eigenvalue weighted by molar-refractivity contribution is 9.10. The van der Waals surface area contributed by atoms with Crippen LogP contribution in [0.5, 0.6) is 0 Å². The van der Waals surface area contributed by atoms with E-state index >= 15 is 0 Å². The second-order valence-electron chi connectivity index (χ2n) is 6.85. The van der Waals surface area contributed by atoms with Crippen molar-refractivity contribution in [2.24, 2.45) is 0 Å². The van der Waals surface area contributed by atoms with E-state index in [0.29, 0.717) is 27.4 Å². The van der Waals surface area contributed by atoms with Gasteiger partial charge in [-0.1, -0.05) is 45.9 Å². The summed E-state index contributed by atoms with van der Waals surface area (Å²) in [7, 11) is 0. The number of nitrogens with zero attached hydrogens (tertiary/aromatic N) is 2. The van der Waals surface area contributed by atoms with Crippen LogP contribution < -0.4 is 10.9 Å². The third-order valence-corrected chi connectivity index (χ3v) is 6.68. The number of carbonyl (C=O) groups is 1. The SMILES string of the molecule is Cc1ccc(NC(=O)CSc2nc3ccccc3c(=O)n2-c2ccc(Br)cc2)c(Br)c1. The van der Waals surface area contributed by atoms with Crippen molar-refractivity contribution in [2.75, 3.05) is 11.1 Å². The minimum Gasteiger partial charge on any atom is -0.324 e. The zero-order valence-corrected chi connectivity index (χ0v) is 20.4. The Morgan fingerprint density at radius 1 is 1.06 bits per heavy atom. The molecule has 0 saturated heterocycles. The molecule has 4 aromatic rings. The number of nitrogens with one attached hydrogen (secondary N) is 1. The minimum atomic E-state index is -0.181. The molecule has 0 saturated carbocycles. The molecule has 1 amide bonds. The largest absolute Gasteiger partial charge is 0.324 e. The van der Waals surface area contributed by atoms with Crippen LogP contribution in [0.15, 0.2) is 85.6 Å². The van der Waals surface area contributed by atoms with Gasteiger partial charge in [0.1, 0.15) is 0 Å². The van der Waals surface area contributed by atoms with E-state index in [4.69, 9.17) is 0 Å². The molecule has 31 heavy (non-hydrogen) atoms. The van der Waals surface area contributed by atoms with Crippen molar-refractivity contribution in [1.82, 2.24) is 9.55 Å². The van der Waals surface area contributed by atoms with Gasteiger partial charge < -0.3 is 5.32 Å². The van der Waals surface area contributed by atoms with Crippen LogP contribution in [0.2, 0.25) is 0 Å². The number of benzene rings is 3. The molecule has 0 aliphatic rings. The third-order valence-electron chi connectivity index (χ3n) is 4.56. The first kappa shape index (κ1) is 21.8.